The van der Waals surface area contributed by atoms with Crippen molar-refractivity contribution in [3.63, 3.8) is 0 Å². The van der Waals surface area contributed by atoms with Gasteiger partial charge in [-0.25, -0.2) is 9.97 Å². The molecule has 0 saturated carbocycles. The normalized spacial score (nSPS) is 15.7. The highest BCUT2D eigenvalue weighted by Crippen LogP contribution is 2.36. The Balaban J connectivity index is 1.82. The molecule has 1 fully saturated rings. The Hall–Kier alpha value is -2.06. The van der Waals surface area contributed by atoms with Gasteiger partial charge in [-0.2, -0.15) is 13.2 Å². The number of hydrogen-bond acceptors (Lipinski definition) is 5. The Labute approximate surface area is 153 Å². The molecule has 2 heterocycles. The molecule has 2 N–H and O–H groups in total. The number of rotatable bonds is 4. The highest BCUT2D eigenvalue weighted by molar-refractivity contribution is 6.30. The molecule has 3 rings (SSSR count). The van der Waals surface area contributed by atoms with Crippen LogP contribution >= 0.6 is 11.6 Å². The van der Waals surface area contributed by atoms with E-state index in [4.69, 9.17) is 16.3 Å². The highest BCUT2D eigenvalue weighted by atomic mass is 35.5. The second-order valence-corrected chi connectivity index (χ2v) is 6.36. The predicted molar refractivity (Wildman–Crippen MR) is 93.2 cm³/mol. The Morgan fingerprint density at radius 3 is 2.62 bits per heavy atom. The third-order valence-electron chi connectivity index (χ3n) is 4.33. The van der Waals surface area contributed by atoms with Gasteiger partial charge < -0.3 is 15.4 Å². The third kappa shape index (κ3) is 4.19. The average Bonchev–Trinajstić information content (AvgIpc) is 2.62. The van der Waals surface area contributed by atoms with Gasteiger partial charge in [0.15, 0.2) is 0 Å². The minimum atomic E-state index is -4.59. The SMILES string of the molecule is COc1cc(C2CCNCC2)ccc1Nc1ncc(C(F)(F)F)c(Cl)n1. The summed E-state index contributed by atoms with van der Waals surface area (Å²) in [6.45, 7) is 1.95. The van der Waals surface area contributed by atoms with Crippen molar-refractivity contribution in [1.82, 2.24) is 15.3 Å². The van der Waals surface area contributed by atoms with Crippen LogP contribution in [0, 0.1) is 0 Å². The van der Waals surface area contributed by atoms with Crippen molar-refractivity contribution in [1.29, 1.82) is 0 Å². The molecule has 0 amide bonds. The molecule has 1 saturated heterocycles. The number of nitrogens with zero attached hydrogens (tertiary/aromatic N) is 2. The summed E-state index contributed by atoms with van der Waals surface area (Å²) < 4.78 is 43.6. The first-order chi connectivity index (χ1) is 12.4. The van der Waals surface area contributed by atoms with E-state index in [0.717, 1.165) is 25.9 Å². The maximum atomic E-state index is 12.7. The number of ether oxygens (including phenoxy) is 1. The minimum absolute atomic E-state index is 0.0316. The highest BCUT2D eigenvalue weighted by Gasteiger charge is 2.34. The Morgan fingerprint density at radius 1 is 1.27 bits per heavy atom. The van der Waals surface area contributed by atoms with Gasteiger partial charge in [-0.05, 0) is 49.5 Å². The molecule has 9 heteroatoms. The number of alkyl halides is 3. The average molecular weight is 387 g/mol. The van der Waals surface area contributed by atoms with E-state index in [2.05, 4.69) is 20.6 Å². The lowest BCUT2D eigenvalue weighted by Crippen LogP contribution is -2.26. The van der Waals surface area contributed by atoms with E-state index < -0.39 is 16.9 Å². The summed E-state index contributed by atoms with van der Waals surface area (Å²) in [5.74, 6) is 0.993. The van der Waals surface area contributed by atoms with Gasteiger partial charge in [0, 0.05) is 6.20 Å². The van der Waals surface area contributed by atoms with E-state index in [0.29, 0.717) is 23.6 Å². The van der Waals surface area contributed by atoms with Crippen LogP contribution < -0.4 is 15.4 Å². The molecule has 1 aromatic heterocycles. The maximum absolute atomic E-state index is 12.7. The van der Waals surface area contributed by atoms with Crippen LogP contribution in [0.3, 0.4) is 0 Å². The molecular formula is C17H18ClF3N4O. The predicted octanol–water partition coefficient (Wildman–Crippen LogP) is 4.37. The summed E-state index contributed by atoms with van der Waals surface area (Å²) in [5, 5.41) is 5.53. The minimum Gasteiger partial charge on any atom is -0.495 e. The molecule has 1 aliphatic heterocycles. The lowest BCUT2D eigenvalue weighted by molar-refractivity contribution is -0.137. The zero-order chi connectivity index (χ0) is 18.7. The molecule has 0 atom stereocenters. The first-order valence-corrected chi connectivity index (χ1v) is 8.51. The number of piperidine rings is 1. The Bertz CT molecular complexity index is 779. The van der Waals surface area contributed by atoms with Crippen LogP contribution in [0.2, 0.25) is 5.15 Å². The second-order valence-electron chi connectivity index (χ2n) is 6.00. The van der Waals surface area contributed by atoms with Crippen LogP contribution in [0.4, 0.5) is 24.8 Å². The topological polar surface area (TPSA) is 59.1 Å². The van der Waals surface area contributed by atoms with Crippen molar-refractivity contribution >= 4 is 23.2 Å². The number of benzene rings is 1. The Morgan fingerprint density at radius 2 is 2.00 bits per heavy atom. The fraction of sp³-hybridized carbons (Fsp3) is 0.412. The zero-order valence-corrected chi connectivity index (χ0v) is 14.8. The summed E-state index contributed by atoms with van der Waals surface area (Å²) >= 11 is 5.63. The molecule has 26 heavy (non-hydrogen) atoms. The van der Waals surface area contributed by atoms with Crippen molar-refractivity contribution < 1.29 is 17.9 Å². The van der Waals surface area contributed by atoms with Gasteiger partial charge in [0.1, 0.15) is 16.5 Å². The van der Waals surface area contributed by atoms with Crippen molar-refractivity contribution in [2.24, 2.45) is 0 Å². The molecular weight excluding hydrogens is 369 g/mol. The van der Waals surface area contributed by atoms with Gasteiger partial charge in [-0.1, -0.05) is 17.7 Å². The molecule has 140 valence electrons. The van der Waals surface area contributed by atoms with Gasteiger partial charge in [-0.15, -0.1) is 0 Å². The molecule has 1 aromatic carbocycles. The van der Waals surface area contributed by atoms with E-state index in [1.54, 1.807) is 0 Å². The van der Waals surface area contributed by atoms with Crippen LogP contribution in [0.5, 0.6) is 5.75 Å². The molecule has 0 unspecified atom stereocenters. The van der Waals surface area contributed by atoms with Gasteiger partial charge in [-0.3, -0.25) is 0 Å². The van der Waals surface area contributed by atoms with E-state index >= 15 is 0 Å². The van der Waals surface area contributed by atoms with Crippen LogP contribution in [-0.4, -0.2) is 30.2 Å². The van der Waals surface area contributed by atoms with Gasteiger partial charge >= 0.3 is 6.18 Å². The number of methoxy groups -OCH3 is 1. The summed E-state index contributed by atoms with van der Waals surface area (Å²) in [5.41, 5.74) is 0.652. The van der Waals surface area contributed by atoms with Crippen LogP contribution in [0.15, 0.2) is 24.4 Å². The monoisotopic (exact) mass is 386 g/mol. The standard InChI is InChI=1S/C17H18ClF3N4O/c1-26-14-8-11(10-4-6-22-7-5-10)2-3-13(14)24-16-23-9-12(15(18)25-16)17(19,20)21/h2-3,8-10,22H,4-7H2,1H3,(H,23,24,25). The molecule has 1 aliphatic rings. The lowest BCUT2D eigenvalue weighted by Gasteiger charge is -2.24. The van der Waals surface area contributed by atoms with E-state index in [1.807, 2.05) is 18.2 Å². The van der Waals surface area contributed by atoms with Crippen molar-refractivity contribution in [2.75, 3.05) is 25.5 Å². The van der Waals surface area contributed by atoms with Crippen molar-refractivity contribution in [2.45, 2.75) is 24.9 Å². The largest absolute Gasteiger partial charge is 0.495 e. The molecule has 0 bridgehead atoms. The number of anilines is 2. The zero-order valence-electron chi connectivity index (χ0n) is 14.0. The molecule has 0 radical (unpaired) electrons. The fourth-order valence-corrected chi connectivity index (χ4v) is 3.19. The quantitative estimate of drug-likeness (QED) is 0.764. The van der Waals surface area contributed by atoms with Crippen LogP contribution in [0.25, 0.3) is 0 Å². The number of nitrogens with one attached hydrogen (secondary N) is 2. The molecule has 2 aromatic rings. The Kier molecular flexibility index (Phi) is 5.52. The molecule has 0 aliphatic carbocycles. The van der Waals surface area contributed by atoms with E-state index in [1.165, 1.54) is 12.7 Å². The second kappa shape index (κ2) is 7.67. The van der Waals surface area contributed by atoms with Gasteiger partial charge in [0.05, 0.1) is 12.8 Å². The first-order valence-electron chi connectivity index (χ1n) is 8.14. The number of hydrogen-bond donors (Lipinski definition) is 2. The van der Waals surface area contributed by atoms with E-state index in [9.17, 15) is 13.2 Å². The number of aromatic nitrogens is 2. The number of halogens is 4. The summed E-state index contributed by atoms with van der Waals surface area (Å²) in [4.78, 5) is 7.38. The summed E-state index contributed by atoms with van der Waals surface area (Å²) in [7, 11) is 1.54. The van der Waals surface area contributed by atoms with Crippen LogP contribution in [0.1, 0.15) is 29.9 Å². The maximum Gasteiger partial charge on any atom is 0.420 e. The van der Waals surface area contributed by atoms with E-state index in [-0.39, 0.29) is 5.95 Å². The van der Waals surface area contributed by atoms with Crippen LogP contribution in [-0.2, 0) is 6.18 Å². The lowest BCUT2D eigenvalue weighted by atomic mass is 9.90. The fourth-order valence-electron chi connectivity index (χ4n) is 2.95. The molecule has 5 nitrogen and oxygen atoms in total. The summed E-state index contributed by atoms with van der Waals surface area (Å²) in [6, 6.07) is 5.72. The van der Waals surface area contributed by atoms with Crippen molar-refractivity contribution in [3.8, 4) is 5.75 Å². The van der Waals surface area contributed by atoms with Gasteiger partial charge in [0.2, 0.25) is 5.95 Å². The smallest absolute Gasteiger partial charge is 0.420 e. The summed E-state index contributed by atoms with van der Waals surface area (Å²) in [6.07, 6.45) is -1.83. The third-order valence-corrected chi connectivity index (χ3v) is 4.62. The first kappa shape index (κ1) is 18.7. The van der Waals surface area contributed by atoms with Crippen molar-refractivity contribution in [3.05, 3.63) is 40.7 Å². The molecule has 0 spiro atoms. The van der Waals surface area contributed by atoms with Gasteiger partial charge in [0.25, 0.3) is 0 Å².